The minimum atomic E-state index is -0.452. The normalized spacial score (nSPS) is 14.8. The van der Waals surface area contributed by atoms with Gasteiger partial charge < -0.3 is 15.4 Å². The largest absolute Gasteiger partial charge is 0.491 e. The zero-order valence-corrected chi connectivity index (χ0v) is 21.8. The van der Waals surface area contributed by atoms with Gasteiger partial charge in [0.05, 0.1) is 11.7 Å². The second-order valence-corrected chi connectivity index (χ2v) is 10.0. The van der Waals surface area contributed by atoms with Gasteiger partial charge in [-0.15, -0.1) is 5.10 Å². The van der Waals surface area contributed by atoms with Crippen LogP contribution in [0.3, 0.4) is 0 Å². The summed E-state index contributed by atoms with van der Waals surface area (Å²) in [5.41, 5.74) is 4.17. The van der Waals surface area contributed by atoms with Crippen LogP contribution in [0.15, 0.2) is 101 Å². The molecule has 1 atom stereocenters. The molecule has 0 bridgehead atoms. The SMILES string of the molecule is CC1=C(C(=O)Nc2ccccc2)C(c2ccc(OC(C)C)cc2)n2nc(SCc3ccccc3)nc2N1. The van der Waals surface area contributed by atoms with Gasteiger partial charge in [-0.05, 0) is 56.2 Å². The van der Waals surface area contributed by atoms with Gasteiger partial charge in [-0.3, -0.25) is 4.79 Å². The van der Waals surface area contributed by atoms with Gasteiger partial charge in [-0.1, -0.05) is 72.4 Å². The van der Waals surface area contributed by atoms with Crippen molar-refractivity contribution in [3.8, 4) is 5.75 Å². The summed E-state index contributed by atoms with van der Waals surface area (Å²) in [6.07, 6.45) is 0.0743. The van der Waals surface area contributed by atoms with E-state index in [0.717, 1.165) is 28.5 Å². The van der Waals surface area contributed by atoms with Crippen molar-refractivity contribution in [3.05, 3.63) is 107 Å². The van der Waals surface area contributed by atoms with Crippen LogP contribution in [-0.2, 0) is 10.5 Å². The zero-order valence-electron chi connectivity index (χ0n) is 21.0. The van der Waals surface area contributed by atoms with E-state index in [4.69, 9.17) is 14.8 Å². The molecule has 2 heterocycles. The number of hydrogen-bond donors (Lipinski definition) is 2. The van der Waals surface area contributed by atoms with Crippen LogP contribution in [0.5, 0.6) is 5.75 Å². The molecular formula is C29H29N5O2S. The highest BCUT2D eigenvalue weighted by atomic mass is 32.2. The Morgan fingerprint density at radius 2 is 1.70 bits per heavy atom. The van der Waals surface area contributed by atoms with Crippen molar-refractivity contribution in [3.63, 3.8) is 0 Å². The third-order valence-electron chi connectivity index (χ3n) is 5.89. The summed E-state index contributed by atoms with van der Waals surface area (Å²) in [5, 5.41) is 11.8. The van der Waals surface area contributed by atoms with E-state index in [1.165, 1.54) is 5.56 Å². The van der Waals surface area contributed by atoms with Gasteiger partial charge in [0, 0.05) is 17.1 Å². The molecule has 0 saturated carbocycles. The van der Waals surface area contributed by atoms with Gasteiger partial charge in [0.15, 0.2) is 0 Å². The molecule has 1 aliphatic rings. The Kier molecular flexibility index (Phi) is 7.28. The highest BCUT2D eigenvalue weighted by molar-refractivity contribution is 7.98. The third-order valence-corrected chi connectivity index (χ3v) is 6.80. The number of allylic oxidation sites excluding steroid dienone is 1. The quantitative estimate of drug-likeness (QED) is 0.271. The number of ether oxygens (including phenoxy) is 1. The number of rotatable bonds is 8. The second-order valence-electron chi connectivity index (χ2n) is 9.06. The number of fused-ring (bicyclic) bond motifs is 1. The van der Waals surface area contributed by atoms with Gasteiger partial charge in [0.1, 0.15) is 11.8 Å². The van der Waals surface area contributed by atoms with E-state index in [9.17, 15) is 4.79 Å². The Bertz CT molecular complexity index is 1400. The number of amides is 1. The van der Waals surface area contributed by atoms with Gasteiger partial charge in [0.2, 0.25) is 11.1 Å². The highest BCUT2D eigenvalue weighted by Crippen LogP contribution is 2.37. The van der Waals surface area contributed by atoms with Gasteiger partial charge in [-0.2, -0.15) is 4.98 Å². The molecular weight excluding hydrogens is 482 g/mol. The van der Waals surface area contributed by atoms with Crippen molar-refractivity contribution in [2.24, 2.45) is 0 Å². The van der Waals surface area contributed by atoms with Gasteiger partial charge >= 0.3 is 0 Å². The summed E-state index contributed by atoms with van der Waals surface area (Å²) >= 11 is 1.56. The first-order valence-corrected chi connectivity index (χ1v) is 13.2. The molecule has 0 saturated heterocycles. The molecule has 0 spiro atoms. The van der Waals surface area contributed by atoms with Crippen LogP contribution >= 0.6 is 11.8 Å². The molecule has 1 unspecified atom stereocenters. The topological polar surface area (TPSA) is 81.1 Å². The van der Waals surface area contributed by atoms with Crippen molar-refractivity contribution in [1.29, 1.82) is 0 Å². The van der Waals surface area contributed by atoms with E-state index < -0.39 is 6.04 Å². The van der Waals surface area contributed by atoms with E-state index in [-0.39, 0.29) is 12.0 Å². The summed E-state index contributed by atoms with van der Waals surface area (Å²) < 4.78 is 7.64. The first-order chi connectivity index (χ1) is 18.0. The average Bonchev–Trinajstić information content (AvgIpc) is 3.30. The molecule has 1 aromatic heterocycles. The van der Waals surface area contributed by atoms with Crippen LogP contribution in [0, 0.1) is 0 Å². The van der Waals surface area contributed by atoms with E-state index >= 15 is 0 Å². The molecule has 3 aromatic carbocycles. The Balaban J connectivity index is 1.49. The molecule has 2 N–H and O–H groups in total. The minimum Gasteiger partial charge on any atom is -0.491 e. The maximum absolute atomic E-state index is 13.6. The minimum absolute atomic E-state index is 0.0743. The van der Waals surface area contributed by atoms with Crippen LogP contribution in [0.25, 0.3) is 0 Å². The highest BCUT2D eigenvalue weighted by Gasteiger charge is 2.34. The van der Waals surface area contributed by atoms with Crippen LogP contribution in [0.2, 0.25) is 0 Å². The molecule has 0 aliphatic carbocycles. The molecule has 8 heteroatoms. The number of para-hydroxylation sites is 1. The monoisotopic (exact) mass is 511 g/mol. The molecule has 7 nitrogen and oxygen atoms in total. The number of nitrogens with one attached hydrogen (secondary N) is 2. The molecule has 0 fully saturated rings. The molecule has 5 rings (SSSR count). The lowest BCUT2D eigenvalue weighted by molar-refractivity contribution is -0.113. The summed E-state index contributed by atoms with van der Waals surface area (Å²) in [4.78, 5) is 18.3. The smallest absolute Gasteiger partial charge is 0.255 e. The second kappa shape index (κ2) is 10.9. The van der Waals surface area contributed by atoms with Crippen molar-refractivity contribution >= 4 is 29.3 Å². The average molecular weight is 512 g/mol. The number of carbonyl (C=O) groups is 1. The fraction of sp³-hybridized carbons (Fsp3) is 0.207. The number of carbonyl (C=O) groups excluding carboxylic acids is 1. The molecule has 37 heavy (non-hydrogen) atoms. The van der Waals surface area contributed by atoms with E-state index in [1.54, 1.807) is 16.4 Å². The zero-order chi connectivity index (χ0) is 25.8. The lowest BCUT2D eigenvalue weighted by Crippen LogP contribution is -2.31. The fourth-order valence-corrected chi connectivity index (χ4v) is 5.02. The lowest BCUT2D eigenvalue weighted by atomic mass is 9.95. The Labute approximate surface area is 221 Å². The molecule has 1 amide bonds. The van der Waals surface area contributed by atoms with E-state index in [2.05, 4.69) is 22.8 Å². The summed E-state index contributed by atoms with van der Waals surface area (Å²) in [6, 6.07) is 27.1. The van der Waals surface area contributed by atoms with Crippen molar-refractivity contribution in [2.45, 2.75) is 43.8 Å². The number of hydrogen-bond acceptors (Lipinski definition) is 6. The predicted molar refractivity (Wildman–Crippen MR) is 148 cm³/mol. The Morgan fingerprint density at radius 1 is 1.03 bits per heavy atom. The lowest BCUT2D eigenvalue weighted by Gasteiger charge is -2.28. The maximum atomic E-state index is 13.6. The fourth-order valence-electron chi connectivity index (χ4n) is 4.24. The number of benzene rings is 3. The standard InChI is InChI=1S/C29H29N5O2S/c1-19(2)36-24-16-14-22(15-17-24)26-25(27(35)31-23-12-8-5-9-13-23)20(3)30-28-32-29(33-34(26)28)37-18-21-10-6-4-7-11-21/h4-17,19,26H,18H2,1-3H3,(H,31,35)(H,30,32,33). The van der Waals surface area contributed by atoms with Crippen LogP contribution in [0.1, 0.15) is 37.9 Å². The maximum Gasteiger partial charge on any atom is 0.255 e. The van der Waals surface area contributed by atoms with E-state index in [0.29, 0.717) is 16.7 Å². The van der Waals surface area contributed by atoms with Crippen molar-refractivity contribution in [1.82, 2.24) is 14.8 Å². The van der Waals surface area contributed by atoms with Crippen molar-refractivity contribution in [2.75, 3.05) is 10.6 Å². The predicted octanol–water partition coefficient (Wildman–Crippen LogP) is 6.29. The van der Waals surface area contributed by atoms with E-state index in [1.807, 2.05) is 93.6 Å². The third kappa shape index (κ3) is 5.70. The Morgan fingerprint density at radius 3 is 2.38 bits per heavy atom. The van der Waals surface area contributed by atoms with Gasteiger partial charge in [-0.25, -0.2) is 4.68 Å². The number of nitrogens with zero attached hydrogens (tertiary/aromatic N) is 3. The van der Waals surface area contributed by atoms with Gasteiger partial charge in [0.25, 0.3) is 5.91 Å². The summed E-state index contributed by atoms with van der Waals surface area (Å²) in [5.74, 6) is 1.95. The first-order valence-electron chi connectivity index (χ1n) is 12.2. The van der Waals surface area contributed by atoms with Crippen LogP contribution < -0.4 is 15.4 Å². The molecule has 4 aromatic rings. The van der Waals surface area contributed by atoms with Crippen molar-refractivity contribution < 1.29 is 9.53 Å². The first kappa shape index (κ1) is 24.6. The number of thioether (sulfide) groups is 1. The molecule has 1 aliphatic heterocycles. The van der Waals surface area contributed by atoms with Crippen LogP contribution in [0.4, 0.5) is 11.6 Å². The summed E-state index contributed by atoms with van der Waals surface area (Å²) in [6.45, 7) is 5.89. The van der Waals surface area contributed by atoms with Crippen LogP contribution in [-0.4, -0.2) is 26.8 Å². The number of aromatic nitrogens is 3. The Hall–Kier alpha value is -4.04. The molecule has 188 valence electrons. The summed E-state index contributed by atoms with van der Waals surface area (Å²) in [7, 11) is 0. The number of anilines is 2. The molecule has 0 radical (unpaired) electrons.